The van der Waals surface area contributed by atoms with E-state index in [0.717, 1.165) is 0 Å². The number of nitrogens with two attached hydrogens (primary N) is 1. The maximum atomic E-state index is 11.9. The molecule has 0 atom stereocenters. The molecule has 0 saturated heterocycles. The summed E-state index contributed by atoms with van der Waals surface area (Å²) in [4.78, 5) is 3.45. The average Bonchev–Trinajstić information content (AvgIpc) is 2.10. The first-order valence-electron chi connectivity index (χ1n) is 3.64. The van der Waals surface area contributed by atoms with E-state index in [1.54, 1.807) is 0 Å². The van der Waals surface area contributed by atoms with Crippen LogP contribution in [0.2, 0.25) is 10.0 Å². The summed E-state index contributed by atoms with van der Waals surface area (Å²) in [5.74, 6) is -0.794. The fourth-order valence-corrected chi connectivity index (χ4v) is 1.15. The van der Waals surface area contributed by atoms with E-state index in [1.807, 2.05) is 0 Å². The van der Waals surface area contributed by atoms with Crippen LogP contribution in [0.5, 0.6) is 5.88 Å². The van der Waals surface area contributed by atoms with Crippen molar-refractivity contribution in [3.63, 3.8) is 0 Å². The van der Waals surface area contributed by atoms with Gasteiger partial charge in [-0.05, 0) is 6.07 Å². The van der Waals surface area contributed by atoms with Gasteiger partial charge in [-0.25, -0.2) is 4.98 Å². The summed E-state index contributed by atoms with van der Waals surface area (Å²) in [6.07, 6.45) is -4.87. The van der Waals surface area contributed by atoms with Crippen molar-refractivity contribution in [2.24, 2.45) is 5.73 Å². The Morgan fingerprint density at radius 3 is 2.47 bits per heavy atom. The van der Waals surface area contributed by atoms with Gasteiger partial charge < -0.3 is 10.5 Å². The summed E-state index contributed by atoms with van der Waals surface area (Å²) in [6.45, 7) is -0.0644. The minimum Gasteiger partial charge on any atom is -0.386 e. The zero-order chi connectivity index (χ0) is 11.6. The van der Waals surface area contributed by atoms with Gasteiger partial charge in [0, 0.05) is 6.54 Å². The molecule has 84 valence electrons. The quantitative estimate of drug-likeness (QED) is 0.890. The fourth-order valence-electron chi connectivity index (χ4n) is 0.805. The van der Waals surface area contributed by atoms with E-state index in [1.165, 1.54) is 6.07 Å². The van der Waals surface area contributed by atoms with Gasteiger partial charge in [0.1, 0.15) is 5.02 Å². The Balaban J connectivity index is 3.11. The van der Waals surface area contributed by atoms with E-state index in [4.69, 9.17) is 28.9 Å². The standard InChI is InChI=1S/C7H5Cl2F3N2O/c8-4-1-3(2-13)14-6(5(4)9)15-7(10,11)12/h1H,2,13H2. The highest BCUT2D eigenvalue weighted by Crippen LogP contribution is 2.33. The highest BCUT2D eigenvalue weighted by molar-refractivity contribution is 6.42. The van der Waals surface area contributed by atoms with E-state index in [2.05, 4.69) is 9.72 Å². The Kier molecular flexibility index (Phi) is 3.64. The first kappa shape index (κ1) is 12.4. The molecule has 1 rings (SSSR count). The molecule has 8 heteroatoms. The highest BCUT2D eigenvalue weighted by Gasteiger charge is 2.33. The van der Waals surface area contributed by atoms with E-state index in [0.29, 0.717) is 0 Å². The SMILES string of the molecule is NCc1cc(Cl)c(Cl)c(OC(F)(F)F)n1. The number of ether oxygens (including phenoxy) is 1. The average molecular weight is 261 g/mol. The predicted molar refractivity (Wildman–Crippen MR) is 48.8 cm³/mol. The van der Waals surface area contributed by atoms with Crippen molar-refractivity contribution < 1.29 is 17.9 Å². The zero-order valence-electron chi connectivity index (χ0n) is 7.11. The zero-order valence-corrected chi connectivity index (χ0v) is 8.62. The Bertz CT molecular complexity index is 370. The van der Waals surface area contributed by atoms with Crippen molar-refractivity contribution in [2.75, 3.05) is 0 Å². The van der Waals surface area contributed by atoms with Gasteiger partial charge in [0.15, 0.2) is 0 Å². The summed E-state index contributed by atoms with van der Waals surface area (Å²) in [5, 5.41) is -0.488. The van der Waals surface area contributed by atoms with Crippen molar-refractivity contribution in [3.05, 3.63) is 21.8 Å². The van der Waals surface area contributed by atoms with Crippen LogP contribution >= 0.6 is 23.2 Å². The number of nitrogens with zero attached hydrogens (tertiary/aromatic N) is 1. The molecular weight excluding hydrogens is 256 g/mol. The number of hydrogen-bond donors (Lipinski definition) is 1. The van der Waals surface area contributed by atoms with E-state index in [-0.39, 0.29) is 17.3 Å². The van der Waals surface area contributed by atoms with Gasteiger partial charge in [-0.15, -0.1) is 13.2 Å². The first-order valence-corrected chi connectivity index (χ1v) is 4.40. The smallest absolute Gasteiger partial charge is 0.386 e. The maximum Gasteiger partial charge on any atom is 0.574 e. The lowest BCUT2D eigenvalue weighted by Gasteiger charge is -2.11. The second-order valence-corrected chi connectivity index (χ2v) is 3.25. The summed E-state index contributed by atoms with van der Waals surface area (Å²) in [6, 6.07) is 1.27. The van der Waals surface area contributed by atoms with Crippen LogP contribution in [-0.4, -0.2) is 11.3 Å². The third kappa shape index (κ3) is 3.40. The molecule has 0 bridgehead atoms. The monoisotopic (exact) mass is 260 g/mol. The summed E-state index contributed by atoms with van der Waals surface area (Å²) in [5.41, 5.74) is 5.36. The van der Waals surface area contributed by atoms with E-state index < -0.39 is 17.3 Å². The molecule has 0 spiro atoms. The lowest BCUT2D eigenvalue weighted by molar-refractivity contribution is -0.276. The van der Waals surface area contributed by atoms with Crippen molar-refractivity contribution >= 4 is 23.2 Å². The predicted octanol–water partition coefficient (Wildman–Crippen LogP) is 2.75. The molecule has 0 aromatic carbocycles. The number of alkyl halides is 3. The molecule has 0 aliphatic rings. The molecule has 1 aromatic heterocycles. The molecule has 1 aromatic rings. The molecule has 3 nitrogen and oxygen atoms in total. The molecule has 0 fully saturated rings. The van der Waals surface area contributed by atoms with Crippen LogP contribution in [0.25, 0.3) is 0 Å². The van der Waals surface area contributed by atoms with Crippen molar-refractivity contribution in [1.82, 2.24) is 4.98 Å². The van der Waals surface area contributed by atoms with Gasteiger partial charge >= 0.3 is 6.36 Å². The first-order chi connectivity index (χ1) is 6.83. The second kappa shape index (κ2) is 4.42. The van der Waals surface area contributed by atoms with Crippen molar-refractivity contribution in [1.29, 1.82) is 0 Å². The number of pyridine rings is 1. The molecule has 15 heavy (non-hydrogen) atoms. The van der Waals surface area contributed by atoms with Crippen molar-refractivity contribution in [2.45, 2.75) is 12.9 Å². The molecule has 0 unspecified atom stereocenters. The minimum absolute atomic E-state index is 0.0644. The molecule has 1 heterocycles. The van der Waals surface area contributed by atoms with Crippen LogP contribution in [0, 0.1) is 0 Å². The van der Waals surface area contributed by atoms with Gasteiger partial charge in [-0.1, -0.05) is 23.2 Å². The molecule has 0 saturated carbocycles. The Morgan fingerprint density at radius 1 is 1.40 bits per heavy atom. The molecular formula is C7H5Cl2F3N2O. The van der Waals surface area contributed by atoms with Gasteiger partial charge in [0.2, 0.25) is 5.88 Å². The highest BCUT2D eigenvalue weighted by atomic mass is 35.5. The molecule has 0 aliphatic carbocycles. The largest absolute Gasteiger partial charge is 0.574 e. The van der Waals surface area contributed by atoms with Crippen LogP contribution in [0.15, 0.2) is 6.07 Å². The number of hydrogen-bond acceptors (Lipinski definition) is 3. The van der Waals surface area contributed by atoms with Crippen LogP contribution in [0.3, 0.4) is 0 Å². The third-order valence-corrected chi connectivity index (χ3v) is 2.12. The third-order valence-electron chi connectivity index (χ3n) is 1.36. The molecule has 0 radical (unpaired) electrons. The molecule has 0 aliphatic heterocycles. The minimum atomic E-state index is -4.87. The number of rotatable bonds is 2. The number of halogens is 5. The summed E-state index contributed by atoms with van der Waals surface area (Å²) >= 11 is 11.0. The molecule has 0 amide bonds. The Labute approximate surface area is 92.9 Å². The van der Waals surface area contributed by atoms with E-state index in [9.17, 15) is 13.2 Å². The maximum absolute atomic E-state index is 11.9. The Morgan fingerprint density at radius 2 is 2.00 bits per heavy atom. The van der Waals surface area contributed by atoms with Crippen LogP contribution in [-0.2, 0) is 6.54 Å². The topological polar surface area (TPSA) is 48.1 Å². The lowest BCUT2D eigenvalue weighted by Crippen LogP contribution is -2.19. The van der Waals surface area contributed by atoms with Crippen molar-refractivity contribution in [3.8, 4) is 5.88 Å². The normalized spacial score (nSPS) is 11.6. The summed E-state index contributed by atoms with van der Waals surface area (Å²) in [7, 11) is 0. The lowest BCUT2D eigenvalue weighted by atomic mass is 10.3. The van der Waals surface area contributed by atoms with Crippen LogP contribution < -0.4 is 10.5 Å². The number of aromatic nitrogens is 1. The molecule has 2 N–H and O–H groups in total. The van der Waals surface area contributed by atoms with Gasteiger partial charge in [-0.3, -0.25) is 0 Å². The Hall–Kier alpha value is -0.720. The fraction of sp³-hybridized carbons (Fsp3) is 0.286. The van der Waals surface area contributed by atoms with Gasteiger partial charge in [0.25, 0.3) is 0 Å². The second-order valence-electron chi connectivity index (χ2n) is 2.47. The van der Waals surface area contributed by atoms with E-state index >= 15 is 0 Å². The summed E-state index contributed by atoms with van der Waals surface area (Å²) < 4.78 is 39.3. The van der Waals surface area contributed by atoms with Crippen LogP contribution in [0.4, 0.5) is 13.2 Å². The van der Waals surface area contributed by atoms with Gasteiger partial charge in [0.05, 0.1) is 10.7 Å². The van der Waals surface area contributed by atoms with Crippen LogP contribution in [0.1, 0.15) is 5.69 Å². The van der Waals surface area contributed by atoms with Gasteiger partial charge in [-0.2, -0.15) is 0 Å².